The number of carbonyl (C=O) groups excluding carboxylic acids is 1. The van der Waals surface area contributed by atoms with Gasteiger partial charge in [-0.15, -0.1) is 0 Å². The summed E-state index contributed by atoms with van der Waals surface area (Å²) in [6, 6.07) is 5.64. The van der Waals surface area contributed by atoms with E-state index in [2.05, 4.69) is 5.32 Å². The van der Waals surface area contributed by atoms with Crippen LogP contribution in [0.5, 0.6) is 11.5 Å². The summed E-state index contributed by atoms with van der Waals surface area (Å²) >= 11 is 0. The summed E-state index contributed by atoms with van der Waals surface area (Å²) in [4.78, 5) is 11.9. The molecular weight excluding hydrogens is 246 g/mol. The Hall–Kier alpha value is -1.75. The van der Waals surface area contributed by atoms with Crippen LogP contribution in [0.2, 0.25) is 0 Å². The van der Waals surface area contributed by atoms with E-state index < -0.39 is 0 Å². The van der Waals surface area contributed by atoms with E-state index in [0.29, 0.717) is 24.5 Å². The third kappa shape index (κ3) is 3.61. The van der Waals surface area contributed by atoms with E-state index in [0.717, 1.165) is 18.6 Å². The smallest absolute Gasteiger partial charge is 0.224 e. The molecule has 1 aromatic rings. The largest absolute Gasteiger partial charge is 0.493 e. The fraction of sp³-hybridized carbons (Fsp3) is 0.500. The van der Waals surface area contributed by atoms with E-state index in [1.54, 1.807) is 20.3 Å². The van der Waals surface area contributed by atoms with Crippen molar-refractivity contribution in [2.75, 3.05) is 27.4 Å². The van der Waals surface area contributed by atoms with E-state index in [4.69, 9.17) is 14.2 Å². The number of hydrogen-bond acceptors (Lipinski definition) is 4. The van der Waals surface area contributed by atoms with E-state index in [-0.39, 0.29) is 11.9 Å². The van der Waals surface area contributed by atoms with Crippen molar-refractivity contribution in [3.05, 3.63) is 23.8 Å². The van der Waals surface area contributed by atoms with Crippen LogP contribution in [0.3, 0.4) is 0 Å². The third-order valence-electron chi connectivity index (χ3n) is 3.11. The van der Waals surface area contributed by atoms with Gasteiger partial charge in [0.15, 0.2) is 11.5 Å². The predicted octanol–water partition coefficient (Wildman–Crippen LogP) is 1.15. The molecule has 0 aromatic heterocycles. The SMILES string of the molecule is COc1ccc(CC(=O)NC2CCOC2)cc1OC. The van der Waals surface area contributed by atoms with Crippen molar-refractivity contribution in [2.45, 2.75) is 18.9 Å². The molecule has 1 atom stereocenters. The summed E-state index contributed by atoms with van der Waals surface area (Å²) in [7, 11) is 3.17. The van der Waals surface area contributed by atoms with Crippen LogP contribution in [-0.4, -0.2) is 39.4 Å². The van der Waals surface area contributed by atoms with Gasteiger partial charge in [-0.1, -0.05) is 6.07 Å². The average Bonchev–Trinajstić information content (AvgIpc) is 2.91. The maximum absolute atomic E-state index is 11.9. The molecule has 0 radical (unpaired) electrons. The Morgan fingerprint density at radius 1 is 1.37 bits per heavy atom. The van der Waals surface area contributed by atoms with Crippen molar-refractivity contribution in [1.82, 2.24) is 5.32 Å². The Morgan fingerprint density at radius 3 is 2.79 bits per heavy atom. The Kier molecular flexibility index (Phi) is 4.63. The number of nitrogens with one attached hydrogen (secondary N) is 1. The lowest BCUT2D eigenvalue weighted by Crippen LogP contribution is -2.36. The van der Waals surface area contributed by atoms with Gasteiger partial charge in [0.05, 0.1) is 33.3 Å². The lowest BCUT2D eigenvalue weighted by atomic mass is 10.1. The van der Waals surface area contributed by atoms with Gasteiger partial charge < -0.3 is 19.5 Å². The van der Waals surface area contributed by atoms with Crippen molar-refractivity contribution in [2.24, 2.45) is 0 Å². The second-order valence-electron chi connectivity index (χ2n) is 4.49. The Labute approximate surface area is 112 Å². The first-order valence-electron chi connectivity index (χ1n) is 6.31. The third-order valence-corrected chi connectivity index (χ3v) is 3.11. The number of carbonyl (C=O) groups is 1. The van der Waals surface area contributed by atoms with Crippen molar-refractivity contribution < 1.29 is 19.0 Å². The summed E-state index contributed by atoms with van der Waals surface area (Å²) in [5, 5.41) is 2.96. The highest BCUT2D eigenvalue weighted by molar-refractivity contribution is 5.79. The van der Waals surface area contributed by atoms with Crippen molar-refractivity contribution in [1.29, 1.82) is 0 Å². The van der Waals surface area contributed by atoms with E-state index in [1.165, 1.54) is 0 Å². The maximum Gasteiger partial charge on any atom is 0.224 e. The van der Waals surface area contributed by atoms with Crippen LogP contribution in [0.15, 0.2) is 18.2 Å². The van der Waals surface area contributed by atoms with Gasteiger partial charge in [-0.25, -0.2) is 0 Å². The summed E-state index contributed by atoms with van der Waals surface area (Å²) in [5.41, 5.74) is 0.897. The molecule has 1 N–H and O–H groups in total. The zero-order valence-corrected chi connectivity index (χ0v) is 11.3. The van der Waals surface area contributed by atoms with Crippen LogP contribution in [0.1, 0.15) is 12.0 Å². The molecule has 1 aliphatic rings. The zero-order chi connectivity index (χ0) is 13.7. The molecule has 19 heavy (non-hydrogen) atoms. The molecule has 2 rings (SSSR count). The lowest BCUT2D eigenvalue weighted by molar-refractivity contribution is -0.121. The molecule has 0 aliphatic carbocycles. The first kappa shape index (κ1) is 13.7. The Balaban J connectivity index is 1.96. The average molecular weight is 265 g/mol. The molecule has 0 saturated carbocycles. The van der Waals surface area contributed by atoms with Crippen LogP contribution in [-0.2, 0) is 16.0 Å². The van der Waals surface area contributed by atoms with Crippen LogP contribution in [0, 0.1) is 0 Å². The Bertz CT molecular complexity index is 441. The van der Waals surface area contributed by atoms with E-state index in [1.807, 2.05) is 12.1 Å². The van der Waals surface area contributed by atoms with E-state index in [9.17, 15) is 4.79 Å². The highest BCUT2D eigenvalue weighted by atomic mass is 16.5. The van der Waals surface area contributed by atoms with Gasteiger partial charge in [0.2, 0.25) is 5.91 Å². The highest BCUT2D eigenvalue weighted by Crippen LogP contribution is 2.27. The van der Waals surface area contributed by atoms with Gasteiger partial charge in [0.25, 0.3) is 0 Å². The van der Waals surface area contributed by atoms with Gasteiger partial charge in [-0.2, -0.15) is 0 Å². The summed E-state index contributed by atoms with van der Waals surface area (Å²) in [6.07, 6.45) is 1.22. The molecule has 1 aromatic carbocycles. The minimum absolute atomic E-state index is 0.00252. The van der Waals surface area contributed by atoms with Gasteiger partial charge in [0.1, 0.15) is 0 Å². The molecular formula is C14H19NO4. The molecule has 0 spiro atoms. The quantitative estimate of drug-likeness (QED) is 0.867. The van der Waals surface area contributed by atoms with E-state index >= 15 is 0 Å². The standard InChI is InChI=1S/C14H19NO4/c1-17-12-4-3-10(7-13(12)18-2)8-14(16)15-11-5-6-19-9-11/h3-4,7,11H,5-6,8-9H2,1-2H3,(H,15,16). The lowest BCUT2D eigenvalue weighted by Gasteiger charge is -2.12. The van der Waals surface area contributed by atoms with Gasteiger partial charge in [-0.05, 0) is 24.1 Å². The first-order chi connectivity index (χ1) is 9.22. The molecule has 1 aliphatic heterocycles. The molecule has 5 nitrogen and oxygen atoms in total. The molecule has 0 bridgehead atoms. The topological polar surface area (TPSA) is 56.8 Å². The second kappa shape index (κ2) is 6.43. The molecule has 1 heterocycles. The molecule has 1 unspecified atom stereocenters. The zero-order valence-electron chi connectivity index (χ0n) is 11.3. The number of methoxy groups -OCH3 is 2. The molecule has 104 valence electrons. The minimum atomic E-state index is 0.00252. The van der Waals surface area contributed by atoms with Crippen molar-refractivity contribution >= 4 is 5.91 Å². The molecule has 1 fully saturated rings. The number of amides is 1. The predicted molar refractivity (Wildman–Crippen MR) is 70.6 cm³/mol. The number of benzene rings is 1. The van der Waals surface area contributed by atoms with Crippen LogP contribution in [0.25, 0.3) is 0 Å². The summed E-state index contributed by atoms with van der Waals surface area (Å²) in [5.74, 6) is 1.30. The number of hydrogen-bond donors (Lipinski definition) is 1. The van der Waals surface area contributed by atoms with Gasteiger partial charge >= 0.3 is 0 Å². The van der Waals surface area contributed by atoms with Crippen LogP contribution in [0.4, 0.5) is 0 Å². The van der Waals surface area contributed by atoms with Crippen LogP contribution >= 0.6 is 0 Å². The van der Waals surface area contributed by atoms with Gasteiger partial charge in [-0.3, -0.25) is 4.79 Å². The normalized spacial score (nSPS) is 18.1. The fourth-order valence-corrected chi connectivity index (χ4v) is 2.10. The van der Waals surface area contributed by atoms with Crippen LogP contribution < -0.4 is 14.8 Å². The van der Waals surface area contributed by atoms with Crippen molar-refractivity contribution in [3.8, 4) is 11.5 Å². The number of ether oxygens (including phenoxy) is 3. The fourth-order valence-electron chi connectivity index (χ4n) is 2.10. The molecule has 1 saturated heterocycles. The highest BCUT2D eigenvalue weighted by Gasteiger charge is 2.18. The maximum atomic E-state index is 11.9. The van der Waals surface area contributed by atoms with Crippen molar-refractivity contribution in [3.63, 3.8) is 0 Å². The van der Waals surface area contributed by atoms with Gasteiger partial charge in [0, 0.05) is 6.61 Å². The Morgan fingerprint density at radius 2 is 2.16 bits per heavy atom. The molecule has 1 amide bonds. The second-order valence-corrected chi connectivity index (χ2v) is 4.49. The molecule has 5 heteroatoms. The first-order valence-corrected chi connectivity index (χ1v) is 6.31. The minimum Gasteiger partial charge on any atom is -0.493 e. The monoisotopic (exact) mass is 265 g/mol. The summed E-state index contributed by atoms with van der Waals surface area (Å²) < 4.78 is 15.6. The number of rotatable bonds is 5. The summed E-state index contributed by atoms with van der Waals surface area (Å²) in [6.45, 7) is 1.33.